The summed E-state index contributed by atoms with van der Waals surface area (Å²) in [4.78, 5) is 48.0. The number of hydrogen-bond acceptors (Lipinski definition) is 11. The highest BCUT2D eigenvalue weighted by atomic mass is 16.8. The Morgan fingerprint density at radius 3 is 1.08 bits per heavy atom. The van der Waals surface area contributed by atoms with Gasteiger partial charge in [-0.25, -0.2) is 19.2 Å². The van der Waals surface area contributed by atoms with Crippen molar-refractivity contribution in [1.82, 2.24) is 0 Å². The fourth-order valence-electron chi connectivity index (χ4n) is 3.30. The molecule has 12 heteroatoms. The monoisotopic (exact) mass is 534 g/mol. The number of carbonyl (C=O) groups is 4. The zero-order valence-electron chi connectivity index (χ0n) is 22.6. The molecule has 1 aliphatic carbocycles. The summed E-state index contributed by atoms with van der Waals surface area (Å²) in [5.41, 5.74) is 0. The van der Waals surface area contributed by atoms with E-state index in [1.54, 1.807) is 0 Å². The van der Waals surface area contributed by atoms with E-state index in [1.807, 2.05) is 41.5 Å². The van der Waals surface area contributed by atoms with Gasteiger partial charge >= 0.3 is 24.6 Å². The Kier molecular flexibility index (Phi) is 14.5. The number of ether oxygens (including phenoxy) is 7. The van der Waals surface area contributed by atoms with E-state index >= 15 is 0 Å². The van der Waals surface area contributed by atoms with Crippen molar-refractivity contribution in [1.29, 1.82) is 0 Å². The van der Waals surface area contributed by atoms with Crippen LogP contribution in [0.1, 0.15) is 73.6 Å². The van der Waals surface area contributed by atoms with Gasteiger partial charge in [-0.1, -0.05) is 41.5 Å². The molecule has 214 valence electrons. The van der Waals surface area contributed by atoms with Crippen LogP contribution in [-0.2, 0) is 33.2 Å². The molecule has 0 heterocycles. The van der Waals surface area contributed by atoms with E-state index in [-0.39, 0.29) is 32.7 Å². The van der Waals surface area contributed by atoms with Crippen LogP contribution >= 0.6 is 0 Å². The van der Waals surface area contributed by atoms with Gasteiger partial charge in [0.15, 0.2) is 0 Å². The molecule has 1 N–H and O–H groups in total. The molecule has 0 aromatic heterocycles. The molecule has 4 unspecified atom stereocenters. The van der Waals surface area contributed by atoms with E-state index in [2.05, 4.69) is 0 Å². The third-order valence-corrected chi connectivity index (χ3v) is 5.50. The van der Waals surface area contributed by atoms with Crippen LogP contribution in [0, 0.1) is 17.8 Å². The van der Waals surface area contributed by atoms with Crippen molar-refractivity contribution in [2.45, 2.75) is 98.1 Å². The van der Waals surface area contributed by atoms with Crippen molar-refractivity contribution >= 4 is 24.6 Å². The summed E-state index contributed by atoms with van der Waals surface area (Å²) in [7, 11) is 0. The van der Waals surface area contributed by atoms with E-state index in [0.29, 0.717) is 37.0 Å². The van der Waals surface area contributed by atoms with Gasteiger partial charge in [0.05, 0.1) is 19.8 Å². The number of carboxylic acid groups (broad SMARTS) is 1. The lowest BCUT2D eigenvalue weighted by Gasteiger charge is -2.38. The second kappa shape index (κ2) is 16.8. The number of carbonyl (C=O) groups excluding carboxylic acids is 3. The summed E-state index contributed by atoms with van der Waals surface area (Å²) in [6.45, 7) is 12.1. The molecule has 1 fully saturated rings. The first kappa shape index (κ1) is 32.1. The second-order valence-electron chi connectivity index (χ2n) is 10.2. The maximum Gasteiger partial charge on any atom is 0.508 e. The van der Waals surface area contributed by atoms with E-state index in [9.17, 15) is 24.3 Å². The molecular weight excluding hydrogens is 492 g/mol. The molecule has 1 aliphatic rings. The molecule has 0 aromatic rings. The summed E-state index contributed by atoms with van der Waals surface area (Å²) in [6.07, 6.45) is -7.89. The summed E-state index contributed by atoms with van der Waals surface area (Å²) in [6, 6.07) is 0. The summed E-state index contributed by atoms with van der Waals surface area (Å²) in [5.74, 6) is 0.890. The van der Waals surface area contributed by atoms with E-state index in [4.69, 9.17) is 33.2 Å². The maximum atomic E-state index is 12.3. The number of hydrogen-bond donors (Lipinski definition) is 1. The molecule has 0 spiro atoms. The highest BCUT2D eigenvalue weighted by Gasteiger charge is 2.46. The second-order valence-corrected chi connectivity index (χ2v) is 10.2. The molecule has 4 atom stereocenters. The average Bonchev–Trinajstić information content (AvgIpc) is 2.75. The van der Waals surface area contributed by atoms with Crippen molar-refractivity contribution in [3.8, 4) is 0 Å². The Balaban J connectivity index is 2.94. The highest BCUT2D eigenvalue weighted by Crippen LogP contribution is 2.30. The summed E-state index contributed by atoms with van der Waals surface area (Å²) >= 11 is 0. The van der Waals surface area contributed by atoms with Crippen LogP contribution in [0.2, 0.25) is 0 Å². The van der Waals surface area contributed by atoms with Crippen molar-refractivity contribution in [3.63, 3.8) is 0 Å². The first-order valence-electron chi connectivity index (χ1n) is 12.8. The van der Waals surface area contributed by atoms with Gasteiger partial charge < -0.3 is 38.3 Å². The third-order valence-electron chi connectivity index (χ3n) is 5.50. The molecule has 37 heavy (non-hydrogen) atoms. The maximum absolute atomic E-state index is 12.3. The van der Waals surface area contributed by atoms with Crippen molar-refractivity contribution in [3.05, 3.63) is 0 Å². The standard InChI is InChI=1S/C25H42O12/c1-15(2)7-10-31-23(28)35-19-14-21(37-25(30)33-12-9-17(5)6)20(13-18(19)34-22(26)27)36-24(29)32-11-8-16(3)4/h15-21H,7-14H2,1-6H3,(H,26,27). The van der Waals surface area contributed by atoms with Gasteiger partial charge in [-0.15, -0.1) is 0 Å². The molecule has 0 aliphatic heterocycles. The van der Waals surface area contributed by atoms with Crippen molar-refractivity contribution in [2.75, 3.05) is 19.8 Å². The van der Waals surface area contributed by atoms with Gasteiger partial charge in [0.2, 0.25) is 0 Å². The first-order valence-corrected chi connectivity index (χ1v) is 12.8. The Morgan fingerprint density at radius 1 is 0.568 bits per heavy atom. The zero-order valence-corrected chi connectivity index (χ0v) is 22.6. The Labute approximate surface area is 218 Å². The van der Waals surface area contributed by atoms with Crippen LogP contribution < -0.4 is 0 Å². The molecule has 0 radical (unpaired) electrons. The normalized spacial score (nSPS) is 21.3. The molecule has 1 rings (SSSR count). The van der Waals surface area contributed by atoms with Crippen LogP contribution in [0.3, 0.4) is 0 Å². The highest BCUT2D eigenvalue weighted by molar-refractivity contribution is 5.62. The van der Waals surface area contributed by atoms with E-state index < -0.39 is 49.0 Å². The van der Waals surface area contributed by atoms with Crippen LogP contribution in [-0.4, -0.2) is 74.0 Å². The van der Waals surface area contributed by atoms with Gasteiger partial charge in [-0.2, -0.15) is 0 Å². The largest absolute Gasteiger partial charge is 0.508 e. The van der Waals surface area contributed by atoms with Crippen molar-refractivity contribution in [2.24, 2.45) is 17.8 Å². The van der Waals surface area contributed by atoms with Crippen LogP contribution in [0.25, 0.3) is 0 Å². The average molecular weight is 535 g/mol. The molecule has 12 nitrogen and oxygen atoms in total. The Hall–Kier alpha value is -2.92. The summed E-state index contributed by atoms with van der Waals surface area (Å²) < 4.78 is 36.1. The molecule has 0 saturated heterocycles. The topological polar surface area (TPSA) is 153 Å². The predicted molar refractivity (Wildman–Crippen MR) is 129 cm³/mol. The third kappa shape index (κ3) is 14.4. The van der Waals surface area contributed by atoms with Gasteiger partial charge in [0.1, 0.15) is 24.4 Å². The zero-order chi connectivity index (χ0) is 28.0. The van der Waals surface area contributed by atoms with Gasteiger partial charge in [0.25, 0.3) is 0 Å². The molecule has 0 bridgehead atoms. The van der Waals surface area contributed by atoms with Crippen molar-refractivity contribution < 1.29 is 57.4 Å². The minimum absolute atomic E-state index is 0.115. The molecule has 1 saturated carbocycles. The quantitative estimate of drug-likeness (QED) is 0.233. The molecule has 0 aromatic carbocycles. The van der Waals surface area contributed by atoms with E-state index in [1.165, 1.54) is 0 Å². The molecule has 0 amide bonds. The summed E-state index contributed by atoms with van der Waals surface area (Å²) in [5, 5.41) is 9.18. The fourth-order valence-corrected chi connectivity index (χ4v) is 3.30. The SMILES string of the molecule is CC(C)CCOC(=O)OC1CC(OC(=O)OCCC(C)C)C(OC(=O)OCCC(C)C)CC1OC(=O)O. The van der Waals surface area contributed by atoms with Gasteiger partial charge in [-0.05, 0) is 37.0 Å². The first-order chi connectivity index (χ1) is 17.4. The number of rotatable bonds is 13. The minimum Gasteiger partial charge on any atom is -0.450 e. The van der Waals surface area contributed by atoms with Gasteiger partial charge in [-0.3, -0.25) is 0 Å². The lowest BCUT2D eigenvalue weighted by molar-refractivity contribution is -0.141. The Bertz CT molecular complexity index is 720. The Morgan fingerprint density at radius 2 is 0.838 bits per heavy atom. The van der Waals surface area contributed by atoms with Crippen LogP contribution in [0.5, 0.6) is 0 Å². The van der Waals surface area contributed by atoms with Gasteiger partial charge in [0, 0.05) is 12.8 Å². The lowest BCUT2D eigenvalue weighted by Crippen LogP contribution is -2.51. The van der Waals surface area contributed by atoms with E-state index in [0.717, 1.165) is 0 Å². The lowest BCUT2D eigenvalue weighted by atomic mass is 9.89. The molecular formula is C25H42O12. The van der Waals surface area contributed by atoms with Crippen LogP contribution in [0.4, 0.5) is 19.2 Å². The smallest absolute Gasteiger partial charge is 0.450 e. The predicted octanol–water partition coefficient (Wildman–Crippen LogP) is 5.55. The minimum atomic E-state index is -1.61. The van der Waals surface area contributed by atoms with Crippen LogP contribution in [0.15, 0.2) is 0 Å². The fraction of sp³-hybridized carbons (Fsp3) is 0.840.